The molecule has 90 valence electrons. The minimum atomic E-state index is 0.379. The number of hydrogen-bond acceptors (Lipinski definition) is 1. The molecule has 0 spiro atoms. The van der Waals surface area contributed by atoms with Gasteiger partial charge in [0.05, 0.1) is 0 Å². The predicted molar refractivity (Wildman–Crippen MR) is 67.2 cm³/mol. The highest BCUT2D eigenvalue weighted by Gasteiger charge is 2.34. The van der Waals surface area contributed by atoms with Crippen LogP contribution in [0.5, 0.6) is 0 Å². The number of ketones is 1. The van der Waals surface area contributed by atoms with Gasteiger partial charge in [0.25, 0.3) is 0 Å². The van der Waals surface area contributed by atoms with Gasteiger partial charge in [-0.1, -0.05) is 25.5 Å². The summed E-state index contributed by atoms with van der Waals surface area (Å²) in [4.78, 5) is 12.0. The maximum atomic E-state index is 12.0. The number of carbonyl (C=O) groups excluding carboxylic acids is 1. The highest BCUT2D eigenvalue weighted by molar-refractivity contribution is 5.81. The van der Waals surface area contributed by atoms with Crippen molar-refractivity contribution in [3.63, 3.8) is 0 Å². The Balaban J connectivity index is 2.21. The summed E-state index contributed by atoms with van der Waals surface area (Å²) in [5.41, 5.74) is 1.43. The van der Waals surface area contributed by atoms with Gasteiger partial charge in [-0.3, -0.25) is 4.79 Å². The molecule has 3 unspecified atom stereocenters. The molecule has 0 aromatic carbocycles. The van der Waals surface area contributed by atoms with Crippen LogP contribution in [0.25, 0.3) is 0 Å². The van der Waals surface area contributed by atoms with Gasteiger partial charge in [-0.2, -0.15) is 0 Å². The van der Waals surface area contributed by atoms with Crippen LogP contribution in [0.1, 0.15) is 52.9 Å². The van der Waals surface area contributed by atoms with Crippen LogP contribution in [0.15, 0.2) is 11.6 Å². The van der Waals surface area contributed by atoms with Gasteiger partial charge in [0, 0.05) is 12.3 Å². The van der Waals surface area contributed by atoms with Crippen molar-refractivity contribution in [3.05, 3.63) is 11.6 Å². The van der Waals surface area contributed by atoms with E-state index in [1.165, 1.54) is 12.0 Å². The molecule has 3 atom stereocenters. The lowest BCUT2D eigenvalue weighted by Gasteiger charge is -2.38. The number of fused-ring (bicyclic) bond motifs is 2. The van der Waals surface area contributed by atoms with Crippen molar-refractivity contribution in [2.45, 2.75) is 52.9 Å². The fourth-order valence-electron chi connectivity index (χ4n) is 3.51. The molecule has 0 aromatic heterocycles. The molecule has 1 saturated carbocycles. The van der Waals surface area contributed by atoms with Gasteiger partial charge in [0.1, 0.15) is 5.78 Å². The molecule has 1 fully saturated rings. The number of hydrogen-bond donors (Lipinski definition) is 0. The second kappa shape index (κ2) is 4.73. The van der Waals surface area contributed by atoms with Crippen molar-refractivity contribution >= 4 is 5.78 Å². The third-order valence-corrected chi connectivity index (χ3v) is 4.53. The zero-order valence-corrected chi connectivity index (χ0v) is 10.8. The smallest absolute Gasteiger partial charge is 0.136 e. The van der Waals surface area contributed by atoms with Gasteiger partial charge in [-0.05, 0) is 50.4 Å². The van der Waals surface area contributed by atoms with E-state index in [0.717, 1.165) is 37.5 Å². The lowest BCUT2D eigenvalue weighted by molar-refractivity contribution is -0.124. The molecule has 1 nitrogen and oxygen atoms in total. The number of Topliss-reactive ketones (excluding diaryl/α,β-unsaturated/α-hetero) is 1. The summed E-state index contributed by atoms with van der Waals surface area (Å²) in [5, 5.41) is 0. The standard InChI is InChI=1S/C15H24O/c1-10(2)14-6-5-12-9-13(14)8-11(3)4-7-15(12)16/h8,10,12-14H,4-7,9H2,1-3H3. The molecule has 2 rings (SSSR count). The summed E-state index contributed by atoms with van der Waals surface area (Å²) in [6.07, 6.45) is 7.78. The Kier molecular flexibility index (Phi) is 3.51. The quantitative estimate of drug-likeness (QED) is 0.611. The van der Waals surface area contributed by atoms with E-state index < -0.39 is 0 Å². The van der Waals surface area contributed by atoms with E-state index in [1.807, 2.05) is 0 Å². The van der Waals surface area contributed by atoms with Crippen molar-refractivity contribution in [2.24, 2.45) is 23.7 Å². The first-order chi connectivity index (χ1) is 7.58. The van der Waals surface area contributed by atoms with E-state index >= 15 is 0 Å². The first-order valence-corrected chi connectivity index (χ1v) is 6.78. The van der Waals surface area contributed by atoms with Crippen molar-refractivity contribution in [1.29, 1.82) is 0 Å². The molecular formula is C15H24O. The van der Waals surface area contributed by atoms with E-state index in [2.05, 4.69) is 26.8 Å². The molecule has 2 bridgehead atoms. The zero-order chi connectivity index (χ0) is 11.7. The van der Waals surface area contributed by atoms with Crippen LogP contribution in [0.2, 0.25) is 0 Å². The third kappa shape index (κ3) is 2.39. The molecule has 0 amide bonds. The number of carbonyl (C=O) groups is 1. The van der Waals surface area contributed by atoms with Crippen LogP contribution in [-0.4, -0.2) is 5.78 Å². The first kappa shape index (κ1) is 11.9. The highest BCUT2D eigenvalue weighted by atomic mass is 16.1. The predicted octanol–water partition coefficient (Wildman–Crippen LogP) is 3.98. The highest BCUT2D eigenvalue weighted by Crippen LogP contribution is 2.41. The topological polar surface area (TPSA) is 17.1 Å². The Bertz CT molecular complexity index is 301. The number of rotatable bonds is 1. The van der Waals surface area contributed by atoms with Crippen LogP contribution >= 0.6 is 0 Å². The van der Waals surface area contributed by atoms with Gasteiger partial charge in [-0.15, -0.1) is 0 Å². The SMILES string of the molecule is CC1=CC2CC(CCC2C(C)C)C(=O)CC1. The summed E-state index contributed by atoms with van der Waals surface area (Å²) in [7, 11) is 0. The summed E-state index contributed by atoms with van der Waals surface area (Å²) >= 11 is 0. The van der Waals surface area contributed by atoms with E-state index in [4.69, 9.17) is 0 Å². The summed E-state index contributed by atoms with van der Waals surface area (Å²) in [6.45, 7) is 6.85. The third-order valence-electron chi connectivity index (χ3n) is 4.53. The van der Waals surface area contributed by atoms with E-state index in [9.17, 15) is 4.79 Å². The zero-order valence-electron chi connectivity index (χ0n) is 10.8. The molecule has 2 aliphatic rings. The largest absolute Gasteiger partial charge is 0.299 e. The van der Waals surface area contributed by atoms with Crippen LogP contribution in [0.4, 0.5) is 0 Å². The summed E-state index contributed by atoms with van der Waals surface area (Å²) < 4.78 is 0. The lowest BCUT2D eigenvalue weighted by Crippen LogP contribution is -2.32. The molecule has 0 aromatic rings. The fourth-order valence-corrected chi connectivity index (χ4v) is 3.51. The maximum Gasteiger partial charge on any atom is 0.136 e. The molecule has 1 heteroatoms. The Morgan fingerprint density at radius 1 is 1.25 bits per heavy atom. The minimum Gasteiger partial charge on any atom is -0.299 e. The van der Waals surface area contributed by atoms with E-state index in [1.54, 1.807) is 0 Å². The molecule has 0 radical (unpaired) electrons. The Labute approximate surface area is 99.3 Å². The van der Waals surface area contributed by atoms with Gasteiger partial charge in [0.2, 0.25) is 0 Å². The van der Waals surface area contributed by atoms with Gasteiger partial charge in [-0.25, -0.2) is 0 Å². The van der Waals surface area contributed by atoms with E-state index in [-0.39, 0.29) is 0 Å². The van der Waals surface area contributed by atoms with Crippen molar-refractivity contribution in [3.8, 4) is 0 Å². The molecule has 0 heterocycles. The molecule has 2 aliphatic carbocycles. The Morgan fingerprint density at radius 2 is 2.00 bits per heavy atom. The molecule has 0 saturated heterocycles. The lowest BCUT2D eigenvalue weighted by atomic mass is 9.67. The second-order valence-electron chi connectivity index (χ2n) is 6.06. The first-order valence-electron chi connectivity index (χ1n) is 6.78. The Morgan fingerprint density at radius 3 is 2.69 bits per heavy atom. The molecule has 16 heavy (non-hydrogen) atoms. The number of allylic oxidation sites excluding steroid dienone is 2. The van der Waals surface area contributed by atoms with E-state index in [0.29, 0.717) is 17.6 Å². The summed E-state index contributed by atoms with van der Waals surface area (Å²) in [6, 6.07) is 0. The molecule has 0 N–H and O–H groups in total. The van der Waals surface area contributed by atoms with Gasteiger partial charge < -0.3 is 0 Å². The van der Waals surface area contributed by atoms with Crippen LogP contribution in [-0.2, 0) is 4.79 Å². The summed E-state index contributed by atoms with van der Waals surface area (Å²) in [5.74, 6) is 3.13. The Hall–Kier alpha value is -0.590. The normalized spacial score (nSPS) is 35.6. The minimum absolute atomic E-state index is 0.379. The van der Waals surface area contributed by atoms with Gasteiger partial charge in [0.15, 0.2) is 0 Å². The monoisotopic (exact) mass is 220 g/mol. The van der Waals surface area contributed by atoms with Crippen LogP contribution in [0.3, 0.4) is 0 Å². The average molecular weight is 220 g/mol. The van der Waals surface area contributed by atoms with Crippen LogP contribution < -0.4 is 0 Å². The molecular weight excluding hydrogens is 196 g/mol. The van der Waals surface area contributed by atoms with Gasteiger partial charge >= 0.3 is 0 Å². The van der Waals surface area contributed by atoms with Crippen LogP contribution in [0, 0.1) is 23.7 Å². The maximum absolute atomic E-state index is 12.0. The van der Waals surface area contributed by atoms with Crippen molar-refractivity contribution < 1.29 is 4.79 Å². The molecule has 0 aliphatic heterocycles. The second-order valence-corrected chi connectivity index (χ2v) is 6.06. The average Bonchev–Trinajstić information content (AvgIpc) is 2.24. The van der Waals surface area contributed by atoms with Crippen molar-refractivity contribution in [1.82, 2.24) is 0 Å². The fraction of sp³-hybridized carbons (Fsp3) is 0.800. The van der Waals surface area contributed by atoms with Crippen molar-refractivity contribution in [2.75, 3.05) is 0 Å².